The van der Waals surface area contributed by atoms with Gasteiger partial charge in [-0.1, -0.05) is 24.6 Å². The molecule has 1 aliphatic rings. The fourth-order valence-corrected chi connectivity index (χ4v) is 2.80. The van der Waals surface area contributed by atoms with Crippen LogP contribution in [-0.4, -0.2) is 23.6 Å². The number of ether oxygens (including phenoxy) is 1. The minimum Gasteiger partial charge on any atom is -0.410 e. The van der Waals surface area contributed by atoms with Crippen molar-refractivity contribution in [1.29, 1.82) is 0 Å². The monoisotopic (exact) mass is 251 g/mol. The second-order valence-corrected chi connectivity index (χ2v) is 5.57. The minimum atomic E-state index is -0.364. The Kier molecular flexibility index (Phi) is 3.94. The van der Waals surface area contributed by atoms with Crippen molar-refractivity contribution in [3.8, 4) is 5.75 Å². The smallest absolute Gasteiger partial charge is 0.410 e. The first-order valence-electron chi connectivity index (χ1n) is 5.80. The third-order valence-corrected chi connectivity index (χ3v) is 4.63. The zero-order valence-electron chi connectivity index (χ0n) is 9.94. The van der Waals surface area contributed by atoms with Gasteiger partial charge in [0.15, 0.2) is 0 Å². The lowest BCUT2D eigenvalue weighted by Crippen LogP contribution is -2.45. The fraction of sp³-hybridized carbons (Fsp3) is 0.462. The Morgan fingerprint density at radius 3 is 2.65 bits per heavy atom. The molecule has 0 heterocycles. The Morgan fingerprint density at radius 2 is 2.12 bits per heavy atom. The van der Waals surface area contributed by atoms with Crippen molar-refractivity contribution in [2.24, 2.45) is 0 Å². The lowest BCUT2D eigenvalue weighted by molar-refractivity contribution is 0.196. The normalized spacial score (nSPS) is 17.0. The summed E-state index contributed by atoms with van der Waals surface area (Å²) in [6.45, 7) is 0.694. The SMILES string of the molecule is CSC1(CNC(=O)Oc2ccccc2)CCC1. The maximum atomic E-state index is 11.6. The van der Waals surface area contributed by atoms with E-state index in [9.17, 15) is 4.79 Å². The van der Waals surface area contributed by atoms with Crippen molar-refractivity contribution in [3.05, 3.63) is 30.3 Å². The van der Waals surface area contributed by atoms with Gasteiger partial charge in [0.05, 0.1) is 0 Å². The van der Waals surface area contributed by atoms with Gasteiger partial charge in [-0.3, -0.25) is 0 Å². The number of benzene rings is 1. The van der Waals surface area contributed by atoms with Gasteiger partial charge in [-0.05, 0) is 31.2 Å². The number of para-hydroxylation sites is 1. The number of thioether (sulfide) groups is 1. The predicted octanol–water partition coefficient (Wildman–Crippen LogP) is 3.06. The molecule has 1 fully saturated rings. The van der Waals surface area contributed by atoms with Crippen LogP contribution in [0.1, 0.15) is 19.3 Å². The van der Waals surface area contributed by atoms with Crippen molar-refractivity contribution < 1.29 is 9.53 Å². The topological polar surface area (TPSA) is 38.3 Å². The van der Waals surface area contributed by atoms with Crippen molar-refractivity contribution in [1.82, 2.24) is 5.32 Å². The summed E-state index contributed by atoms with van der Waals surface area (Å²) in [6.07, 6.45) is 5.36. The zero-order chi connectivity index (χ0) is 12.1. The summed E-state index contributed by atoms with van der Waals surface area (Å²) >= 11 is 1.84. The molecule has 3 nitrogen and oxygen atoms in total. The quantitative estimate of drug-likeness (QED) is 0.893. The molecule has 17 heavy (non-hydrogen) atoms. The van der Waals surface area contributed by atoms with Gasteiger partial charge in [-0.15, -0.1) is 0 Å². The number of amides is 1. The molecule has 0 saturated heterocycles. The van der Waals surface area contributed by atoms with Gasteiger partial charge in [0, 0.05) is 11.3 Å². The van der Waals surface area contributed by atoms with Gasteiger partial charge in [0.25, 0.3) is 0 Å². The fourth-order valence-electron chi connectivity index (χ4n) is 1.89. The van der Waals surface area contributed by atoms with Crippen molar-refractivity contribution in [2.45, 2.75) is 24.0 Å². The number of carbonyl (C=O) groups is 1. The van der Waals surface area contributed by atoms with Crippen molar-refractivity contribution >= 4 is 17.9 Å². The molecular weight excluding hydrogens is 234 g/mol. The summed E-state index contributed by atoms with van der Waals surface area (Å²) in [6, 6.07) is 9.12. The van der Waals surface area contributed by atoms with E-state index in [1.165, 1.54) is 19.3 Å². The van der Waals surface area contributed by atoms with Crippen molar-refractivity contribution in [3.63, 3.8) is 0 Å². The van der Waals surface area contributed by atoms with E-state index in [-0.39, 0.29) is 10.8 Å². The molecule has 1 aromatic carbocycles. The third kappa shape index (κ3) is 3.16. The van der Waals surface area contributed by atoms with E-state index in [0.29, 0.717) is 12.3 Å². The molecule has 1 amide bonds. The van der Waals surface area contributed by atoms with E-state index in [0.717, 1.165) is 0 Å². The number of carbonyl (C=O) groups excluding carboxylic acids is 1. The summed E-state index contributed by atoms with van der Waals surface area (Å²) in [4.78, 5) is 11.6. The second kappa shape index (κ2) is 5.45. The van der Waals surface area contributed by atoms with Crippen LogP contribution < -0.4 is 10.1 Å². The zero-order valence-corrected chi connectivity index (χ0v) is 10.8. The Hall–Kier alpha value is -1.16. The second-order valence-electron chi connectivity index (χ2n) is 4.30. The first-order chi connectivity index (χ1) is 8.24. The number of rotatable bonds is 4. The number of hydrogen-bond donors (Lipinski definition) is 1. The number of nitrogens with one attached hydrogen (secondary N) is 1. The Balaban J connectivity index is 1.78. The van der Waals surface area contributed by atoms with Gasteiger partial charge in [0.2, 0.25) is 0 Å². The average Bonchev–Trinajstić information content (AvgIpc) is 2.29. The maximum Gasteiger partial charge on any atom is 0.412 e. The summed E-state index contributed by atoms with van der Waals surface area (Å²) in [5.74, 6) is 0.580. The highest BCUT2D eigenvalue weighted by atomic mass is 32.2. The first-order valence-corrected chi connectivity index (χ1v) is 7.02. The molecule has 1 aliphatic carbocycles. The van der Waals surface area contributed by atoms with Crippen LogP contribution in [0, 0.1) is 0 Å². The highest BCUT2D eigenvalue weighted by Crippen LogP contribution is 2.42. The standard InChI is InChI=1S/C13H17NO2S/c1-17-13(8-5-9-13)10-14-12(15)16-11-6-3-2-4-7-11/h2-4,6-7H,5,8-10H2,1H3,(H,14,15). The lowest BCUT2D eigenvalue weighted by atomic mass is 9.84. The molecule has 0 bridgehead atoms. The highest BCUT2D eigenvalue weighted by Gasteiger charge is 2.36. The van der Waals surface area contributed by atoms with Crippen LogP contribution in [0.4, 0.5) is 4.79 Å². The molecule has 0 aromatic heterocycles. The molecule has 4 heteroatoms. The molecule has 1 aromatic rings. The first kappa shape index (κ1) is 12.3. The maximum absolute atomic E-state index is 11.6. The third-order valence-electron chi connectivity index (χ3n) is 3.21. The Labute approximate surface area is 106 Å². The van der Waals surface area contributed by atoms with Gasteiger partial charge in [-0.2, -0.15) is 11.8 Å². The van der Waals surface area contributed by atoms with E-state index >= 15 is 0 Å². The molecule has 0 aliphatic heterocycles. The largest absolute Gasteiger partial charge is 0.412 e. The van der Waals surface area contributed by atoms with Gasteiger partial charge >= 0.3 is 6.09 Å². The molecule has 2 rings (SSSR count). The lowest BCUT2D eigenvalue weighted by Gasteiger charge is -2.40. The van der Waals surface area contributed by atoms with E-state index in [1.807, 2.05) is 30.0 Å². The molecular formula is C13H17NO2S. The van der Waals surface area contributed by atoms with Gasteiger partial charge < -0.3 is 10.1 Å². The molecule has 1 saturated carbocycles. The summed E-state index contributed by atoms with van der Waals surface area (Å²) in [5.41, 5.74) is 0. The van der Waals surface area contributed by atoms with Crippen molar-refractivity contribution in [2.75, 3.05) is 12.8 Å². The van der Waals surface area contributed by atoms with E-state index < -0.39 is 0 Å². The highest BCUT2D eigenvalue weighted by molar-refractivity contribution is 8.00. The Morgan fingerprint density at radius 1 is 1.41 bits per heavy atom. The van der Waals surface area contributed by atoms with Crippen LogP contribution in [0.25, 0.3) is 0 Å². The predicted molar refractivity (Wildman–Crippen MR) is 70.6 cm³/mol. The Bertz CT molecular complexity index is 371. The number of hydrogen-bond acceptors (Lipinski definition) is 3. The molecule has 0 spiro atoms. The van der Waals surface area contributed by atoms with Crippen LogP contribution >= 0.6 is 11.8 Å². The summed E-state index contributed by atoms with van der Waals surface area (Å²) in [7, 11) is 0. The van der Waals surface area contributed by atoms with E-state index in [2.05, 4.69) is 11.6 Å². The van der Waals surface area contributed by atoms with E-state index in [1.54, 1.807) is 12.1 Å². The average molecular weight is 251 g/mol. The summed E-state index contributed by atoms with van der Waals surface area (Å²) in [5, 5.41) is 2.84. The van der Waals surface area contributed by atoms with Crippen LogP contribution in [0.2, 0.25) is 0 Å². The molecule has 0 atom stereocenters. The van der Waals surface area contributed by atoms with Crippen LogP contribution in [-0.2, 0) is 0 Å². The van der Waals surface area contributed by atoms with Crippen LogP contribution in [0.5, 0.6) is 5.75 Å². The molecule has 1 N–H and O–H groups in total. The van der Waals surface area contributed by atoms with Crippen LogP contribution in [0.15, 0.2) is 30.3 Å². The van der Waals surface area contributed by atoms with E-state index in [4.69, 9.17) is 4.74 Å². The molecule has 0 unspecified atom stereocenters. The van der Waals surface area contributed by atoms with Gasteiger partial charge in [0.1, 0.15) is 5.75 Å². The van der Waals surface area contributed by atoms with Gasteiger partial charge in [-0.25, -0.2) is 4.79 Å². The minimum absolute atomic E-state index is 0.246. The van der Waals surface area contributed by atoms with Crippen LogP contribution in [0.3, 0.4) is 0 Å². The summed E-state index contributed by atoms with van der Waals surface area (Å²) < 4.78 is 5.41. The molecule has 92 valence electrons. The molecule has 0 radical (unpaired) electrons.